The van der Waals surface area contributed by atoms with Gasteiger partial charge < -0.3 is 0 Å². The van der Waals surface area contributed by atoms with Crippen molar-refractivity contribution < 1.29 is 0 Å². The van der Waals surface area contributed by atoms with Crippen LogP contribution in [0.5, 0.6) is 0 Å². The molecule has 43 heavy (non-hydrogen) atoms. The summed E-state index contributed by atoms with van der Waals surface area (Å²) in [7, 11) is 0. The zero-order valence-corrected chi connectivity index (χ0v) is 25.2. The van der Waals surface area contributed by atoms with Crippen molar-refractivity contribution in [2.45, 2.75) is 20.8 Å². The Morgan fingerprint density at radius 3 is 2.19 bits per heavy atom. The Balaban J connectivity index is 1.27. The minimum atomic E-state index is 0.766. The van der Waals surface area contributed by atoms with Crippen LogP contribution in [-0.4, -0.2) is 39.5 Å². The number of thiophene rings is 2. The van der Waals surface area contributed by atoms with E-state index in [2.05, 4.69) is 35.1 Å². The van der Waals surface area contributed by atoms with Crippen molar-refractivity contribution in [3.63, 3.8) is 0 Å². The van der Waals surface area contributed by atoms with E-state index in [1.54, 1.807) is 22.7 Å². The third kappa shape index (κ3) is 4.34. The molecule has 0 fully saturated rings. The molecule has 0 aliphatic heterocycles. The van der Waals surface area contributed by atoms with E-state index >= 15 is 0 Å². The second-order valence-electron chi connectivity index (χ2n) is 10.4. The highest BCUT2D eigenvalue weighted by Gasteiger charge is 2.22. The highest BCUT2D eigenvalue weighted by atomic mass is 32.1. The van der Waals surface area contributed by atoms with Gasteiger partial charge in [-0.15, -0.1) is 22.7 Å². The molecule has 10 heteroatoms. The molecular formula is C33H24N8S2. The molecule has 0 amide bonds. The van der Waals surface area contributed by atoms with E-state index < -0.39 is 0 Å². The van der Waals surface area contributed by atoms with E-state index in [0.29, 0.717) is 0 Å². The molecule has 8 nitrogen and oxygen atoms in total. The predicted octanol–water partition coefficient (Wildman–Crippen LogP) is 7.99. The van der Waals surface area contributed by atoms with Crippen molar-refractivity contribution in [1.29, 1.82) is 0 Å². The van der Waals surface area contributed by atoms with Crippen LogP contribution in [0.3, 0.4) is 0 Å². The highest BCUT2D eigenvalue weighted by molar-refractivity contribution is 7.22. The first kappa shape index (κ1) is 25.6. The predicted molar refractivity (Wildman–Crippen MR) is 173 cm³/mol. The van der Waals surface area contributed by atoms with Crippen LogP contribution in [-0.2, 0) is 0 Å². The van der Waals surface area contributed by atoms with Crippen molar-refractivity contribution >= 4 is 42.8 Å². The largest absolute Gasteiger partial charge is 0.264 e. The van der Waals surface area contributed by atoms with Crippen LogP contribution in [0.1, 0.15) is 17.0 Å². The highest BCUT2D eigenvalue weighted by Crippen LogP contribution is 2.41. The van der Waals surface area contributed by atoms with Gasteiger partial charge >= 0.3 is 0 Å². The molecule has 0 aromatic carbocycles. The summed E-state index contributed by atoms with van der Waals surface area (Å²) >= 11 is 3.43. The maximum atomic E-state index is 5.08. The van der Waals surface area contributed by atoms with Crippen LogP contribution in [0.4, 0.5) is 0 Å². The fourth-order valence-corrected chi connectivity index (χ4v) is 7.66. The van der Waals surface area contributed by atoms with Gasteiger partial charge in [0, 0.05) is 57.4 Å². The number of fused-ring (bicyclic) bond motifs is 2. The first-order valence-corrected chi connectivity index (χ1v) is 15.4. The lowest BCUT2D eigenvalue weighted by molar-refractivity contribution is 0.848. The summed E-state index contributed by atoms with van der Waals surface area (Å²) < 4.78 is 6.18. The van der Waals surface area contributed by atoms with Crippen molar-refractivity contribution in [2.75, 3.05) is 0 Å². The van der Waals surface area contributed by atoms with Gasteiger partial charge in [-0.05, 0) is 80.3 Å². The van der Waals surface area contributed by atoms with Crippen LogP contribution in [0.25, 0.3) is 64.1 Å². The Kier molecular flexibility index (Phi) is 5.99. The number of rotatable bonds is 5. The molecular weight excluding hydrogens is 573 g/mol. The van der Waals surface area contributed by atoms with Crippen molar-refractivity contribution in [1.82, 2.24) is 39.5 Å². The second-order valence-corrected chi connectivity index (χ2v) is 12.6. The van der Waals surface area contributed by atoms with Crippen molar-refractivity contribution in [3.05, 3.63) is 109 Å². The van der Waals surface area contributed by atoms with Crippen molar-refractivity contribution in [3.8, 4) is 43.9 Å². The monoisotopic (exact) mass is 596 g/mol. The number of aromatic nitrogens is 8. The van der Waals surface area contributed by atoms with E-state index in [0.717, 1.165) is 70.9 Å². The van der Waals surface area contributed by atoms with Crippen LogP contribution in [0.15, 0.2) is 91.8 Å². The molecule has 0 saturated heterocycles. The molecule has 0 aliphatic carbocycles. The number of aryl methyl sites for hydroxylation is 3. The number of hydrogen-bond donors (Lipinski definition) is 0. The molecule has 8 rings (SSSR count). The Morgan fingerprint density at radius 2 is 1.35 bits per heavy atom. The Labute approximate surface area is 255 Å². The quantitative estimate of drug-likeness (QED) is 0.200. The normalized spacial score (nSPS) is 11.6. The summed E-state index contributed by atoms with van der Waals surface area (Å²) in [6, 6.07) is 18.6. The van der Waals surface area contributed by atoms with Crippen LogP contribution < -0.4 is 0 Å². The van der Waals surface area contributed by atoms with Gasteiger partial charge in [0.05, 0.1) is 38.2 Å². The van der Waals surface area contributed by atoms with Crippen LogP contribution in [0, 0.1) is 20.8 Å². The Hall–Kier alpha value is -5.06. The van der Waals surface area contributed by atoms with Gasteiger partial charge in [0.2, 0.25) is 0 Å². The third-order valence-electron chi connectivity index (χ3n) is 7.50. The molecule has 0 saturated carbocycles. The molecule has 0 spiro atoms. The number of hydrogen-bond acceptors (Lipinski definition) is 8. The topological polar surface area (TPSA) is 87.2 Å². The number of pyridine rings is 4. The summed E-state index contributed by atoms with van der Waals surface area (Å²) in [5.74, 6) is 1.54. The van der Waals surface area contributed by atoms with E-state index in [1.807, 2.05) is 96.8 Å². The summed E-state index contributed by atoms with van der Waals surface area (Å²) in [6.45, 7) is 6.12. The molecule has 8 aromatic heterocycles. The maximum Gasteiger partial charge on any atom is 0.154 e. The van der Waals surface area contributed by atoms with E-state index in [4.69, 9.17) is 20.2 Å². The van der Waals surface area contributed by atoms with Gasteiger partial charge in [-0.1, -0.05) is 6.07 Å². The molecule has 0 radical (unpaired) electrons. The molecule has 0 unspecified atom stereocenters. The van der Waals surface area contributed by atoms with E-state index in [1.165, 1.54) is 10.1 Å². The maximum absolute atomic E-state index is 5.08. The average molecular weight is 597 g/mol. The lowest BCUT2D eigenvalue weighted by Crippen LogP contribution is -2.04. The first-order valence-electron chi connectivity index (χ1n) is 13.8. The zero-order valence-electron chi connectivity index (χ0n) is 23.6. The summed E-state index contributed by atoms with van der Waals surface area (Å²) in [4.78, 5) is 20.7. The molecule has 208 valence electrons. The summed E-state index contributed by atoms with van der Waals surface area (Å²) in [5.41, 5.74) is 6.93. The molecule has 8 aromatic rings. The minimum Gasteiger partial charge on any atom is -0.264 e. The van der Waals surface area contributed by atoms with Gasteiger partial charge in [0.15, 0.2) is 11.6 Å². The van der Waals surface area contributed by atoms with Gasteiger partial charge in [-0.3, -0.25) is 9.97 Å². The van der Waals surface area contributed by atoms with Gasteiger partial charge in [0.1, 0.15) is 0 Å². The lowest BCUT2D eigenvalue weighted by atomic mass is 10.0. The molecule has 0 N–H and O–H groups in total. The van der Waals surface area contributed by atoms with Gasteiger partial charge in [0.25, 0.3) is 0 Å². The fourth-order valence-electron chi connectivity index (χ4n) is 5.46. The Bertz CT molecular complexity index is 2240. The SMILES string of the molecule is Cc1cccc(-n2ncc(-c3ccc(-n4ncc(C)c4-c4cc5ccncc5s4)nc3C)c2-c2cc3cnccc3s2)n1. The molecule has 8 heterocycles. The van der Waals surface area contributed by atoms with Crippen molar-refractivity contribution in [2.24, 2.45) is 0 Å². The van der Waals surface area contributed by atoms with Gasteiger partial charge in [-0.25, -0.2) is 19.3 Å². The lowest BCUT2D eigenvalue weighted by Gasteiger charge is -2.12. The molecule has 0 atom stereocenters. The van der Waals surface area contributed by atoms with E-state index in [9.17, 15) is 0 Å². The fraction of sp³-hybridized carbons (Fsp3) is 0.0909. The van der Waals surface area contributed by atoms with Crippen LogP contribution >= 0.6 is 22.7 Å². The molecule has 0 aliphatic rings. The van der Waals surface area contributed by atoms with Gasteiger partial charge in [-0.2, -0.15) is 10.2 Å². The summed E-state index contributed by atoms with van der Waals surface area (Å²) in [5, 5.41) is 11.9. The second kappa shape index (κ2) is 10.0. The Morgan fingerprint density at radius 1 is 0.605 bits per heavy atom. The number of nitrogens with zero attached hydrogens (tertiary/aromatic N) is 8. The minimum absolute atomic E-state index is 0.766. The average Bonchev–Trinajstić information content (AvgIpc) is 3.80. The first-order chi connectivity index (χ1) is 21.0. The standard InChI is InChI=1S/C33H24N8S2/c1-19-15-36-40(32(19)27-13-22-9-11-35-18-29(22)43-27)31-8-7-24(21(3)39-31)25-17-37-41(30-6-4-5-20(2)38-30)33(25)28-14-23-16-34-12-10-26(23)42-28/h4-18H,1-3H3. The van der Waals surface area contributed by atoms with E-state index in [-0.39, 0.29) is 0 Å². The molecule has 0 bridgehead atoms. The zero-order chi connectivity index (χ0) is 29.1. The smallest absolute Gasteiger partial charge is 0.154 e. The third-order valence-corrected chi connectivity index (χ3v) is 9.71. The summed E-state index contributed by atoms with van der Waals surface area (Å²) in [6.07, 6.45) is 11.3. The van der Waals surface area contributed by atoms with Crippen LogP contribution in [0.2, 0.25) is 0 Å².